The SMILES string of the molecule is CCC[CH]C(=O)NC. The van der Waals surface area contributed by atoms with Crippen LogP contribution in [0.4, 0.5) is 0 Å². The fourth-order valence-corrected chi connectivity index (χ4v) is 0.377. The van der Waals surface area contributed by atoms with Crippen LogP contribution in [-0.4, -0.2) is 13.0 Å². The maximum atomic E-state index is 10.4. The van der Waals surface area contributed by atoms with Crippen molar-refractivity contribution in [3.8, 4) is 0 Å². The number of unbranched alkanes of at least 4 members (excludes halogenated alkanes) is 1. The zero-order chi connectivity index (χ0) is 6.41. The minimum atomic E-state index is 0.0202. The van der Waals surface area contributed by atoms with Crippen molar-refractivity contribution in [3.05, 3.63) is 6.42 Å². The van der Waals surface area contributed by atoms with E-state index in [4.69, 9.17) is 0 Å². The predicted octanol–water partition coefficient (Wildman–Crippen LogP) is 0.737. The largest absolute Gasteiger partial charge is 0.359 e. The van der Waals surface area contributed by atoms with Gasteiger partial charge < -0.3 is 5.32 Å². The van der Waals surface area contributed by atoms with Crippen LogP contribution >= 0.6 is 0 Å². The van der Waals surface area contributed by atoms with E-state index in [1.54, 1.807) is 13.5 Å². The summed E-state index contributed by atoms with van der Waals surface area (Å²) in [5.74, 6) is 0.0202. The lowest BCUT2D eigenvalue weighted by atomic mass is 10.2. The molecular formula is C6H12NO. The second-order valence-electron chi connectivity index (χ2n) is 1.61. The van der Waals surface area contributed by atoms with E-state index in [1.807, 2.05) is 6.92 Å². The topological polar surface area (TPSA) is 29.1 Å². The highest BCUT2D eigenvalue weighted by atomic mass is 16.1. The van der Waals surface area contributed by atoms with Crippen LogP contribution in [0, 0.1) is 6.42 Å². The average molecular weight is 114 g/mol. The van der Waals surface area contributed by atoms with Gasteiger partial charge in [-0.15, -0.1) is 0 Å². The Hall–Kier alpha value is -0.530. The summed E-state index contributed by atoms with van der Waals surface area (Å²) in [4.78, 5) is 10.4. The Morgan fingerprint density at radius 2 is 2.38 bits per heavy atom. The zero-order valence-electron chi connectivity index (χ0n) is 5.40. The second-order valence-corrected chi connectivity index (χ2v) is 1.61. The van der Waals surface area contributed by atoms with Gasteiger partial charge in [-0.2, -0.15) is 0 Å². The van der Waals surface area contributed by atoms with E-state index >= 15 is 0 Å². The van der Waals surface area contributed by atoms with Crippen LogP contribution in [0.5, 0.6) is 0 Å². The summed E-state index contributed by atoms with van der Waals surface area (Å²) in [5.41, 5.74) is 0. The second kappa shape index (κ2) is 4.62. The van der Waals surface area contributed by atoms with Gasteiger partial charge in [-0.05, 0) is 6.42 Å². The molecule has 47 valence electrons. The van der Waals surface area contributed by atoms with Gasteiger partial charge in [-0.25, -0.2) is 0 Å². The number of amides is 1. The normalized spacial score (nSPS) is 8.75. The summed E-state index contributed by atoms with van der Waals surface area (Å²) >= 11 is 0. The third-order valence-electron chi connectivity index (χ3n) is 0.865. The van der Waals surface area contributed by atoms with Crippen LogP contribution in [0.3, 0.4) is 0 Å². The van der Waals surface area contributed by atoms with E-state index in [-0.39, 0.29) is 5.91 Å². The van der Waals surface area contributed by atoms with Gasteiger partial charge in [0.1, 0.15) is 0 Å². The number of hydrogen-bond acceptors (Lipinski definition) is 1. The van der Waals surface area contributed by atoms with Gasteiger partial charge in [0.15, 0.2) is 0 Å². The quantitative estimate of drug-likeness (QED) is 0.576. The van der Waals surface area contributed by atoms with Gasteiger partial charge in [0.05, 0.1) is 0 Å². The molecule has 0 atom stereocenters. The van der Waals surface area contributed by atoms with E-state index in [2.05, 4.69) is 5.32 Å². The molecular weight excluding hydrogens is 102 g/mol. The van der Waals surface area contributed by atoms with E-state index in [9.17, 15) is 4.79 Å². The Morgan fingerprint density at radius 1 is 1.75 bits per heavy atom. The molecule has 0 bridgehead atoms. The minimum Gasteiger partial charge on any atom is -0.359 e. The number of nitrogens with one attached hydrogen (secondary N) is 1. The molecule has 8 heavy (non-hydrogen) atoms. The first kappa shape index (κ1) is 7.47. The molecule has 0 unspecified atom stereocenters. The molecule has 0 aromatic rings. The lowest BCUT2D eigenvalue weighted by molar-refractivity contribution is -0.117. The van der Waals surface area contributed by atoms with Gasteiger partial charge in [-0.3, -0.25) is 4.79 Å². The fraction of sp³-hybridized carbons (Fsp3) is 0.667. The van der Waals surface area contributed by atoms with Crippen molar-refractivity contribution >= 4 is 5.91 Å². The molecule has 0 aromatic carbocycles. The van der Waals surface area contributed by atoms with Gasteiger partial charge >= 0.3 is 0 Å². The summed E-state index contributed by atoms with van der Waals surface area (Å²) < 4.78 is 0. The maximum Gasteiger partial charge on any atom is 0.223 e. The number of rotatable bonds is 3. The van der Waals surface area contributed by atoms with Crippen molar-refractivity contribution < 1.29 is 4.79 Å². The lowest BCUT2D eigenvalue weighted by Gasteiger charge is -1.93. The molecule has 1 N–H and O–H groups in total. The van der Waals surface area contributed by atoms with Crippen molar-refractivity contribution in [1.82, 2.24) is 5.32 Å². The highest BCUT2D eigenvalue weighted by molar-refractivity contribution is 5.84. The molecule has 0 aliphatic carbocycles. The molecule has 0 aromatic heterocycles. The van der Waals surface area contributed by atoms with E-state index < -0.39 is 0 Å². The predicted molar refractivity (Wildman–Crippen MR) is 33.3 cm³/mol. The Bertz CT molecular complexity index is 70.9. The smallest absolute Gasteiger partial charge is 0.223 e. The van der Waals surface area contributed by atoms with Crippen LogP contribution in [-0.2, 0) is 4.79 Å². The molecule has 0 fully saturated rings. The maximum absolute atomic E-state index is 10.4. The van der Waals surface area contributed by atoms with Gasteiger partial charge in [-0.1, -0.05) is 13.3 Å². The van der Waals surface area contributed by atoms with Crippen molar-refractivity contribution in [2.45, 2.75) is 19.8 Å². The first-order chi connectivity index (χ1) is 3.81. The Kier molecular flexibility index (Phi) is 4.32. The first-order valence-electron chi connectivity index (χ1n) is 2.86. The average Bonchev–Trinajstić information content (AvgIpc) is 1.83. The van der Waals surface area contributed by atoms with E-state index in [0.29, 0.717) is 0 Å². The van der Waals surface area contributed by atoms with E-state index in [1.165, 1.54) is 0 Å². The van der Waals surface area contributed by atoms with Crippen LogP contribution in [0.1, 0.15) is 19.8 Å². The van der Waals surface area contributed by atoms with Crippen molar-refractivity contribution in [1.29, 1.82) is 0 Å². The molecule has 1 amide bonds. The van der Waals surface area contributed by atoms with Gasteiger partial charge in [0.2, 0.25) is 5.91 Å². The monoisotopic (exact) mass is 114 g/mol. The summed E-state index contributed by atoms with van der Waals surface area (Å²) in [5, 5.41) is 2.51. The van der Waals surface area contributed by atoms with Crippen LogP contribution in [0.15, 0.2) is 0 Å². The van der Waals surface area contributed by atoms with Crippen molar-refractivity contribution in [2.75, 3.05) is 7.05 Å². The highest BCUT2D eigenvalue weighted by Gasteiger charge is 1.93. The van der Waals surface area contributed by atoms with Crippen molar-refractivity contribution in [2.24, 2.45) is 0 Å². The molecule has 1 radical (unpaired) electrons. The minimum absolute atomic E-state index is 0.0202. The summed E-state index contributed by atoms with van der Waals surface area (Å²) in [7, 11) is 1.63. The van der Waals surface area contributed by atoms with E-state index in [0.717, 1.165) is 12.8 Å². The molecule has 0 saturated carbocycles. The van der Waals surface area contributed by atoms with Gasteiger partial charge in [0.25, 0.3) is 0 Å². The number of carbonyl (C=O) groups excluding carboxylic acids is 1. The molecule has 0 heterocycles. The molecule has 0 aliphatic rings. The number of hydrogen-bond donors (Lipinski definition) is 1. The van der Waals surface area contributed by atoms with Crippen molar-refractivity contribution in [3.63, 3.8) is 0 Å². The molecule has 0 aliphatic heterocycles. The standard InChI is InChI=1S/C6H12NO/c1-3-4-5-6(8)7-2/h5H,3-4H2,1-2H3,(H,7,8). The Labute approximate surface area is 50.3 Å². The summed E-state index contributed by atoms with van der Waals surface area (Å²) in [6, 6.07) is 0. The third-order valence-corrected chi connectivity index (χ3v) is 0.865. The Morgan fingerprint density at radius 3 is 2.75 bits per heavy atom. The molecule has 0 saturated heterocycles. The molecule has 2 nitrogen and oxygen atoms in total. The molecule has 0 spiro atoms. The summed E-state index contributed by atoms with van der Waals surface area (Å²) in [6.45, 7) is 2.04. The van der Waals surface area contributed by atoms with Gasteiger partial charge in [0, 0.05) is 13.5 Å². The Balaban J connectivity index is 2.99. The third kappa shape index (κ3) is 3.65. The molecule has 2 heteroatoms. The zero-order valence-corrected chi connectivity index (χ0v) is 5.40. The molecule has 0 rings (SSSR count). The first-order valence-corrected chi connectivity index (χ1v) is 2.86. The van der Waals surface area contributed by atoms with Crippen LogP contribution < -0.4 is 5.32 Å². The highest BCUT2D eigenvalue weighted by Crippen LogP contribution is 1.89. The number of carbonyl (C=O) groups is 1. The lowest BCUT2D eigenvalue weighted by Crippen LogP contribution is -2.17. The summed E-state index contributed by atoms with van der Waals surface area (Å²) in [6.07, 6.45) is 3.56. The fourth-order valence-electron chi connectivity index (χ4n) is 0.377. The van der Waals surface area contributed by atoms with Crippen LogP contribution in [0.25, 0.3) is 0 Å². The van der Waals surface area contributed by atoms with Crippen LogP contribution in [0.2, 0.25) is 0 Å².